The number of fused-ring (bicyclic) bond motifs is 1. The summed E-state index contributed by atoms with van der Waals surface area (Å²) in [5.41, 5.74) is 7.39. The summed E-state index contributed by atoms with van der Waals surface area (Å²) in [5.74, 6) is 0.773. The monoisotopic (exact) mass is 259 g/mol. The molecule has 100 valence electrons. The van der Waals surface area contributed by atoms with E-state index >= 15 is 0 Å². The summed E-state index contributed by atoms with van der Waals surface area (Å²) < 4.78 is 0. The third kappa shape index (κ3) is 2.90. The molecule has 1 aromatic heterocycles. The molecule has 0 aliphatic heterocycles. The lowest BCUT2D eigenvalue weighted by Crippen LogP contribution is -2.35. The number of nitrogens with two attached hydrogens (primary N) is 1. The summed E-state index contributed by atoms with van der Waals surface area (Å²) in [6, 6.07) is 7.49. The van der Waals surface area contributed by atoms with Crippen molar-refractivity contribution in [2.24, 2.45) is 0 Å². The predicted octanol–water partition coefficient (Wildman–Crippen LogP) is 0.784. The van der Waals surface area contributed by atoms with Gasteiger partial charge in [0, 0.05) is 13.6 Å². The van der Waals surface area contributed by atoms with Crippen molar-refractivity contribution in [2.45, 2.75) is 6.92 Å². The third-order valence-corrected chi connectivity index (χ3v) is 2.69. The Kier molecular flexibility index (Phi) is 3.79. The van der Waals surface area contributed by atoms with Gasteiger partial charge < -0.3 is 16.0 Å². The molecule has 0 bridgehead atoms. The number of hydrogen-bond acceptors (Lipinski definition) is 5. The first kappa shape index (κ1) is 13.1. The van der Waals surface area contributed by atoms with E-state index in [2.05, 4.69) is 15.3 Å². The van der Waals surface area contributed by atoms with Crippen LogP contribution in [0, 0.1) is 0 Å². The van der Waals surface area contributed by atoms with Crippen molar-refractivity contribution in [3.05, 3.63) is 24.3 Å². The number of likely N-dealkylation sites (N-methyl/N-ethyl adjacent to an activating group) is 2. The van der Waals surface area contributed by atoms with E-state index in [1.54, 1.807) is 11.9 Å². The molecule has 0 atom stereocenters. The molecule has 6 nitrogen and oxygen atoms in total. The van der Waals surface area contributed by atoms with Crippen LogP contribution in [0.15, 0.2) is 24.3 Å². The number of nitrogens with zero attached hydrogens (tertiary/aromatic N) is 3. The highest BCUT2D eigenvalue weighted by Gasteiger charge is 2.13. The standard InChI is InChI=1S/C13H17N5O/c1-3-15-11(19)8-18(2)13-12(14)16-9-6-4-5-7-10(9)17-13/h4-7H,3,8H2,1-2H3,(H2,14,16)(H,15,19). The van der Waals surface area contributed by atoms with Crippen LogP contribution in [0.1, 0.15) is 6.92 Å². The van der Waals surface area contributed by atoms with Crippen LogP contribution < -0.4 is 16.0 Å². The minimum Gasteiger partial charge on any atom is -0.381 e. The molecule has 0 saturated carbocycles. The molecule has 0 saturated heterocycles. The minimum absolute atomic E-state index is 0.0700. The maximum atomic E-state index is 11.6. The van der Waals surface area contributed by atoms with Crippen LogP contribution in [-0.4, -0.2) is 36.0 Å². The first-order valence-electron chi connectivity index (χ1n) is 6.12. The lowest BCUT2D eigenvalue weighted by atomic mass is 10.3. The SMILES string of the molecule is CCNC(=O)CN(C)c1nc2ccccc2nc1N. The Morgan fingerprint density at radius 3 is 2.58 bits per heavy atom. The average Bonchev–Trinajstić information content (AvgIpc) is 2.38. The number of anilines is 2. The summed E-state index contributed by atoms with van der Waals surface area (Å²) >= 11 is 0. The maximum absolute atomic E-state index is 11.6. The zero-order valence-corrected chi connectivity index (χ0v) is 11.1. The van der Waals surface area contributed by atoms with Gasteiger partial charge in [-0.05, 0) is 19.1 Å². The molecule has 0 aliphatic rings. The second-order valence-corrected chi connectivity index (χ2v) is 4.23. The Morgan fingerprint density at radius 2 is 1.95 bits per heavy atom. The van der Waals surface area contributed by atoms with E-state index in [4.69, 9.17) is 5.73 Å². The van der Waals surface area contributed by atoms with Crippen molar-refractivity contribution in [3.63, 3.8) is 0 Å². The van der Waals surface area contributed by atoms with E-state index in [1.165, 1.54) is 0 Å². The summed E-state index contributed by atoms with van der Waals surface area (Å²) in [7, 11) is 1.77. The van der Waals surface area contributed by atoms with Gasteiger partial charge in [-0.3, -0.25) is 4.79 Å². The zero-order chi connectivity index (χ0) is 13.8. The third-order valence-electron chi connectivity index (χ3n) is 2.69. The molecule has 2 aromatic rings. The molecular weight excluding hydrogens is 242 g/mol. The topological polar surface area (TPSA) is 84.1 Å². The molecule has 1 amide bonds. The van der Waals surface area contributed by atoms with E-state index in [0.29, 0.717) is 18.2 Å². The Morgan fingerprint density at radius 1 is 1.32 bits per heavy atom. The number of carbonyl (C=O) groups is 1. The highest BCUT2D eigenvalue weighted by atomic mass is 16.2. The van der Waals surface area contributed by atoms with Crippen LogP contribution in [0.25, 0.3) is 11.0 Å². The van der Waals surface area contributed by atoms with Gasteiger partial charge in [0.25, 0.3) is 0 Å². The lowest BCUT2D eigenvalue weighted by Gasteiger charge is -2.19. The molecule has 0 aliphatic carbocycles. The second kappa shape index (κ2) is 5.51. The van der Waals surface area contributed by atoms with Crippen LogP contribution in [-0.2, 0) is 4.79 Å². The van der Waals surface area contributed by atoms with Gasteiger partial charge in [-0.1, -0.05) is 12.1 Å². The van der Waals surface area contributed by atoms with Crippen LogP contribution in [0.2, 0.25) is 0 Å². The Hall–Kier alpha value is -2.37. The highest BCUT2D eigenvalue weighted by molar-refractivity contribution is 5.84. The Balaban J connectivity index is 2.28. The minimum atomic E-state index is -0.0700. The van der Waals surface area contributed by atoms with Crippen LogP contribution in [0.4, 0.5) is 11.6 Å². The van der Waals surface area contributed by atoms with Gasteiger partial charge in [-0.2, -0.15) is 0 Å². The molecule has 2 rings (SSSR count). The molecule has 19 heavy (non-hydrogen) atoms. The van der Waals surface area contributed by atoms with Crippen molar-refractivity contribution in [1.82, 2.24) is 15.3 Å². The van der Waals surface area contributed by atoms with E-state index < -0.39 is 0 Å². The average molecular weight is 259 g/mol. The van der Waals surface area contributed by atoms with Gasteiger partial charge in [-0.25, -0.2) is 9.97 Å². The van der Waals surface area contributed by atoms with Gasteiger partial charge in [0.2, 0.25) is 5.91 Å². The molecule has 0 unspecified atom stereocenters. The first-order chi connectivity index (χ1) is 9.11. The van der Waals surface area contributed by atoms with Crippen LogP contribution in [0.3, 0.4) is 0 Å². The van der Waals surface area contributed by atoms with Gasteiger partial charge >= 0.3 is 0 Å². The number of carbonyl (C=O) groups excluding carboxylic acids is 1. The van der Waals surface area contributed by atoms with Gasteiger partial charge in [0.15, 0.2) is 11.6 Å². The molecular formula is C13H17N5O. The number of amides is 1. The number of nitrogens with one attached hydrogen (secondary N) is 1. The number of nitrogen functional groups attached to an aromatic ring is 1. The number of rotatable bonds is 4. The zero-order valence-electron chi connectivity index (χ0n) is 11.1. The summed E-state index contributed by atoms with van der Waals surface area (Å²) in [6.45, 7) is 2.68. The van der Waals surface area contributed by atoms with E-state index in [9.17, 15) is 4.79 Å². The van der Waals surface area contributed by atoms with E-state index in [0.717, 1.165) is 11.0 Å². The Bertz CT molecular complexity index is 599. The Labute approximate surface area is 111 Å². The van der Waals surface area contributed by atoms with Gasteiger partial charge in [0.1, 0.15) is 0 Å². The van der Waals surface area contributed by atoms with Crippen molar-refractivity contribution in [1.29, 1.82) is 0 Å². The van der Waals surface area contributed by atoms with E-state index in [1.807, 2.05) is 31.2 Å². The fraction of sp³-hybridized carbons (Fsp3) is 0.308. The number of benzene rings is 1. The summed E-state index contributed by atoms with van der Waals surface area (Å²) in [5, 5.41) is 2.73. The van der Waals surface area contributed by atoms with Crippen molar-refractivity contribution >= 4 is 28.6 Å². The van der Waals surface area contributed by atoms with Gasteiger partial charge in [-0.15, -0.1) is 0 Å². The highest BCUT2D eigenvalue weighted by Crippen LogP contribution is 2.20. The lowest BCUT2D eigenvalue weighted by molar-refractivity contribution is -0.119. The number of hydrogen-bond donors (Lipinski definition) is 2. The molecule has 0 radical (unpaired) electrons. The predicted molar refractivity (Wildman–Crippen MR) is 75.9 cm³/mol. The normalized spacial score (nSPS) is 10.4. The summed E-state index contributed by atoms with van der Waals surface area (Å²) in [4.78, 5) is 22.0. The molecule has 1 heterocycles. The van der Waals surface area contributed by atoms with Crippen molar-refractivity contribution in [3.8, 4) is 0 Å². The maximum Gasteiger partial charge on any atom is 0.239 e. The molecule has 3 N–H and O–H groups in total. The summed E-state index contributed by atoms with van der Waals surface area (Å²) in [6.07, 6.45) is 0. The molecule has 1 aromatic carbocycles. The first-order valence-corrected chi connectivity index (χ1v) is 6.12. The van der Waals surface area contributed by atoms with Crippen molar-refractivity contribution in [2.75, 3.05) is 30.8 Å². The number of aromatic nitrogens is 2. The largest absolute Gasteiger partial charge is 0.381 e. The molecule has 6 heteroatoms. The smallest absolute Gasteiger partial charge is 0.239 e. The van der Waals surface area contributed by atoms with Crippen LogP contribution in [0.5, 0.6) is 0 Å². The van der Waals surface area contributed by atoms with Crippen molar-refractivity contribution < 1.29 is 4.79 Å². The molecule has 0 spiro atoms. The fourth-order valence-electron chi connectivity index (χ4n) is 1.83. The van der Waals surface area contributed by atoms with E-state index in [-0.39, 0.29) is 12.5 Å². The second-order valence-electron chi connectivity index (χ2n) is 4.23. The van der Waals surface area contributed by atoms with Gasteiger partial charge in [0.05, 0.1) is 17.6 Å². The molecule has 0 fully saturated rings. The number of para-hydroxylation sites is 2. The fourth-order valence-corrected chi connectivity index (χ4v) is 1.83. The quantitative estimate of drug-likeness (QED) is 0.847. The van der Waals surface area contributed by atoms with Crippen LogP contribution >= 0.6 is 0 Å².